The van der Waals surface area contributed by atoms with E-state index in [1.807, 2.05) is 0 Å². The van der Waals surface area contributed by atoms with E-state index in [1.54, 1.807) is 0 Å². The van der Waals surface area contributed by atoms with Crippen molar-refractivity contribution in [1.82, 2.24) is 9.97 Å². The molecule has 0 radical (unpaired) electrons. The summed E-state index contributed by atoms with van der Waals surface area (Å²) in [5.74, 6) is -1.20. The van der Waals surface area contributed by atoms with Crippen molar-refractivity contribution >= 4 is 22.7 Å². The Morgan fingerprint density at radius 2 is 2.00 bits per heavy atom. The Morgan fingerprint density at radius 3 is 2.59 bits per heavy atom. The molecule has 22 heavy (non-hydrogen) atoms. The van der Waals surface area contributed by atoms with Gasteiger partial charge in [-0.15, -0.1) is 0 Å². The van der Waals surface area contributed by atoms with E-state index < -0.39 is 28.1 Å². The number of aliphatic carboxylic acids is 1. The molecule has 0 spiro atoms. The van der Waals surface area contributed by atoms with E-state index in [1.165, 1.54) is 6.92 Å². The molecule has 116 valence electrons. The fourth-order valence-electron chi connectivity index (χ4n) is 1.79. The number of benzene rings is 1. The van der Waals surface area contributed by atoms with Crippen LogP contribution in [-0.2, 0) is 16.1 Å². The van der Waals surface area contributed by atoms with Crippen molar-refractivity contribution in [1.29, 1.82) is 0 Å². The van der Waals surface area contributed by atoms with Crippen molar-refractivity contribution in [2.75, 3.05) is 0 Å². The van der Waals surface area contributed by atoms with Gasteiger partial charge in [0, 0.05) is 17.7 Å². The van der Waals surface area contributed by atoms with Crippen LogP contribution in [0.15, 0.2) is 21.7 Å². The third kappa shape index (κ3) is 3.01. The molecule has 0 aliphatic rings. The number of non-ortho nitro benzene ring substituents is 1. The van der Waals surface area contributed by atoms with Crippen molar-refractivity contribution in [3.05, 3.63) is 48.5 Å². The number of aromatic amines is 2. The summed E-state index contributed by atoms with van der Waals surface area (Å²) in [6.45, 7) is 1.01. The molecule has 1 atom stereocenters. The average Bonchev–Trinajstić information content (AvgIpc) is 2.45. The third-order valence-corrected chi connectivity index (χ3v) is 2.95. The van der Waals surface area contributed by atoms with Gasteiger partial charge in [-0.05, 0) is 6.92 Å². The van der Waals surface area contributed by atoms with E-state index in [2.05, 4.69) is 9.97 Å². The van der Waals surface area contributed by atoms with Gasteiger partial charge in [0.1, 0.15) is 0 Å². The fourth-order valence-corrected chi connectivity index (χ4v) is 1.79. The highest BCUT2D eigenvalue weighted by Gasteiger charge is 2.16. The lowest BCUT2D eigenvalue weighted by atomic mass is 10.1. The summed E-state index contributed by atoms with van der Waals surface area (Å²) in [4.78, 5) is 48.2. The largest absolute Gasteiger partial charge is 0.479 e. The molecular formula is C12H11N3O7. The zero-order valence-electron chi connectivity index (χ0n) is 11.3. The van der Waals surface area contributed by atoms with Crippen LogP contribution in [-0.4, -0.2) is 32.1 Å². The van der Waals surface area contributed by atoms with E-state index in [4.69, 9.17) is 9.84 Å². The van der Waals surface area contributed by atoms with E-state index in [9.17, 15) is 24.5 Å². The minimum absolute atomic E-state index is 0.0559. The maximum Gasteiger partial charge on any atom is 0.332 e. The second-order valence-corrected chi connectivity index (χ2v) is 4.48. The summed E-state index contributed by atoms with van der Waals surface area (Å²) < 4.78 is 5.07. The molecule has 0 aliphatic carbocycles. The molecule has 1 unspecified atom stereocenters. The number of hydrogen-bond acceptors (Lipinski definition) is 6. The molecule has 1 heterocycles. The van der Waals surface area contributed by atoms with Crippen molar-refractivity contribution < 1.29 is 19.6 Å². The first-order chi connectivity index (χ1) is 10.3. The maximum atomic E-state index is 11.4. The molecule has 0 fully saturated rings. The van der Waals surface area contributed by atoms with Crippen LogP contribution in [0.4, 0.5) is 5.69 Å². The number of aromatic nitrogens is 2. The number of ether oxygens (including phenoxy) is 1. The van der Waals surface area contributed by atoms with Crippen LogP contribution in [0.3, 0.4) is 0 Å². The van der Waals surface area contributed by atoms with Gasteiger partial charge in [0.25, 0.3) is 5.69 Å². The van der Waals surface area contributed by atoms with Crippen LogP contribution >= 0.6 is 0 Å². The van der Waals surface area contributed by atoms with Gasteiger partial charge in [-0.2, -0.15) is 0 Å². The lowest BCUT2D eigenvalue weighted by Crippen LogP contribution is -2.29. The van der Waals surface area contributed by atoms with Gasteiger partial charge < -0.3 is 19.8 Å². The Morgan fingerprint density at radius 1 is 1.36 bits per heavy atom. The predicted molar refractivity (Wildman–Crippen MR) is 73.7 cm³/mol. The van der Waals surface area contributed by atoms with Crippen LogP contribution in [0.25, 0.3) is 11.0 Å². The monoisotopic (exact) mass is 309 g/mol. The van der Waals surface area contributed by atoms with Crippen LogP contribution in [0.1, 0.15) is 12.5 Å². The minimum Gasteiger partial charge on any atom is -0.479 e. The normalized spacial score (nSPS) is 12.2. The Hall–Kier alpha value is -3.01. The number of nitro groups is 1. The number of carbonyl (C=O) groups is 1. The summed E-state index contributed by atoms with van der Waals surface area (Å²) in [5, 5.41) is 19.7. The molecule has 2 rings (SSSR count). The zero-order valence-corrected chi connectivity index (χ0v) is 11.3. The Kier molecular flexibility index (Phi) is 4.04. The zero-order chi connectivity index (χ0) is 16.4. The number of rotatable bonds is 5. The highest BCUT2D eigenvalue weighted by atomic mass is 16.6. The second-order valence-electron chi connectivity index (χ2n) is 4.48. The SMILES string of the molecule is CC(OCc1cc([N+](=O)[O-])cc2[nH]c(=O)c(=O)[nH]c12)C(=O)O. The summed E-state index contributed by atoms with van der Waals surface area (Å²) in [5.41, 5.74) is -1.80. The van der Waals surface area contributed by atoms with Gasteiger partial charge in [-0.25, -0.2) is 4.79 Å². The smallest absolute Gasteiger partial charge is 0.332 e. The first-order valence-electron chi connectivity index (χ1n) is 6.07. The van der Waals surface area contributed by atoms with Crippen LogP contribution in [0.5, 0.6) is 0 Å². The first kappa shape index (κ1) is 15.4. The number of nitrogens with zero attached hydrogens (tertiary/aromatic N) is 1. The molecule has 2 aromatic rings. The van der Waals surface area contributed by atoms with Gasteiger partial charge >= 0.3 is 17.1 Å². The maximum absolute atomic E-state index is 11.4. The molecule has 0 aliphatic heterocycles. The summed E-state index contributed by atoms with van der Waals surface area (Å²) in [7, 11) is 0. The molecule has 0 amide bonds. The van der Waals surface area contributed by atoms with E-state index >= 15 is 0 Å². The van der Waals surface area contributed by atoms with Crippen LogP contribution in [0.2, 0.25) is 0 Å². The minimum atomic E-state index is -1.20. The van der Waals surface area contributed by atoms with Crippen molar-refractivity contribution in [3.63, 3.8) is 0 Å². The van der Waals surface area contributed by atoms with E-state index in [-0.39, 0.29) is 28.9 Å². The number of hydrogen-bond donors (Lipinski definition) is 3. The number of carboxylic acids is 1. The van der Waals surface area contributed by atoms with E-state index in [0.29, 0.717) is 0 Å². The molecule has 10 nitrogen and oxygen atoms in total. The molecular weight excluding hydrogens is 298 g/mol. The number of H-pyrrole nitrogens is 2. The Bertz CT molecular complexity index is 867. The molecule has 0 saturated carbocycles. The van der Waals surface area contributed by atoms with Gasteiger partial charge in [-0.3, -0.25) is 19.7 Å². The van der Waals surface area contributed by atoms with Crippen LogP contribution in [0, 0.1) is 10.1 Å². The molecule has 1 aromatic carbocycles. The van der Waals surface area contributed by atoms with Crippen molar-refractivity contribution in [3.8, 4) is 0 Å². The van der Waals surface area contributed by atoms with Gasteiger partial charge in [0.05, 0.1) is 22.6 Å². The van der Waals surface area contributed by atoms with Crippen molar-refractivity contribution in [2.24, 2.45) is 0 Å². The Balaban J connectivity index is 2.56. The third-order valence-electron chi connectivity index (χ3n) is 2.95. The lowest BCUT2D eigenvalue weighted by Gasteiger charge is -2.10. The van der Waals surface area contributed by atoms with Crippen molar-refractivity contribution in [2.45, 2.75) is 19.6 Å². The number of nitro benzene ring substituents is 1. The molecule has 3 N–H and O–H groups in total. The number of carboxylic acid groups (broad SMARTS) is 1. The summed E-state index contributed by atoms with van der Waals surface area (Å²) in [6, 6.07) is 2.24. The summed E-state index contributed by atoms with van der Waals surface area (Å²) in [6.07, 6.45) is -1.14. The predicted octanol–water partition coefficient (Wildman–Crippen LogP) is 0.114. The van der Waals surface area contributed by atoms with Gasteiger partial charge in [0.2, 0.25) is 0 Å². The number of nitrogens with one attached hydrogen (secondary N) is 2. The van der Waals surface area contributed by atoms with Gasteiger partial charge in [0.15, 0.2) is 6.10 Å². The van der Waals surface area contributed by atoms with Gasteiger partial charge in [-0.1, -0.05) is 0 Å². The topological polar surface area (TPSA) is 155 Å². The summed E-state index contributed by atoms with van der Waals surface area (Å²) >= 11 is 0. The molecule has 0 bridgehead atoms. The second kappa shape index (κ2) is 5.77. The highest BCUT2D eigenvalue weighted by molar-refractivity contribution is 5.80. The molecule has 1 aromatic heterocycles. The lowest BCUT2D eigenvalue weighted by molar-refractivity contribution is -0.384. The standard InChI is InChI=1S/C12H11N3O7/c1-5(12(18)19)22-4-6-2-7(15(20)21)3-8-9(6)14-11(17)10(16)13-8/h2-3,5H,4H2,1H3,(H,13,16)(H,14,17)(H,18,19). The molecule has 10 heteroatoms. The fraction of sp³-hybridized carbons (Fsp3) is 0.250. The number of fused-ring (bicyclic) bond motifs is 1. The van der Waals surface area contributed by atoms with Crippen LogP contribution < -0.4 is 11.1 Å². The first-order valence-corrected chi connectivity index (χ1v) is 6.07. The highest BCUT2D eigenvalue weighted by Crippen LogP contribution is 2.22. The quantitative estimate of drug-likeness (QED) is 0.402. The van der Waals surface area contributed by atoms with E-state index in [0.717, 1.165) is 12.1 Å². The average molecular weight is 309 g/mol. The molecule has 0 saturated heterocycles. The Labute approximate surface area is 121 Å².